The van der Waals surface area contributed by atoms with Crippen molar-refractivity contribution in [3.8, 4) is 0 Å². The molecule has 2 heterocycles. The van der Waals surface area contributed by atoms with Crippen molar-refractivity contribution in [2.75, 3.05) is 13.1 Å². The highest BCUT2D eigenvalue weighted by Crippen LogP contribution is 2.40. The van der Waals surface area contributed by atoms with Gasteiger partial charge in [0.1, 0.15) is 0 Å². The number of hydrogen-bond donors (Lipinski definition) is 1. The van der Waals surface area contributed by atoms with Gasteiger partial charge in [0, 0.05) is 17.7 Å². The zero-order chi connectivity index (χ0) is 10.1. The zero-order valence-corrected chi connectivity index (χ0v) is 9.85. The van der Waals surface area contributed by atoms with Crippen LogP contribution in [0.15, 0.2) is 5.38 Å². The second-order valence-corrected chi connectivity index (χ2v) is 5.80. The van der Waals surface area contributed by atoms with Crippen LogP contribution in [0.1, 0.15) is 42.3 Å². The van der Waals surface area contributed by atoms with Crippen LogP contribution in [0.25, 0.3) is 0 Å². The zero-order valence-electron chi connectivity index (χ0n) is 9.04. The summed E-state index contributed by atoms with van der Waals surface area (Å²) >= 11 is 1.87. The maximum Gasteiger partial charge on any atom is 0.0931 e. The van der Waals surface area contributed by atoms with E-state index in [1.54, 1.807) is 0 Å². The lowest BCUT2D eigenvalue weighted by Crippen LogP contribution is -2.30. The number of rotatable bonds is 3. The van der Waals surface area contributed by atoms with E-state index in [1.807, 2.05) is 11.3 Å². The van der Waals surface area contributed by atoms with Gasteiger partial charge in [0.25, 0.3) is 0 Å². The number of thiazole rings is 1. The molecule has 0 radical (unpaired) electrons. The molecule has 82 valence electrons. The highest BCUT2D eigenvalue weighted by molar-refractivity contribution is 7.09. The van der Waals surface area contributed by atoms with E-state index in [9.17, 15) is 0 Å². The first-order valence-electron chi connectivity index (χ1n) is 6.07. The van der Waals surface area contributed by atoms with E-state index >= 15 is 0 Å². The number of aromatic nitrogens is 1. The van der Waals surface area contributed by atoms with Gasteiger partial charge in [0.15, 0.2) is 0 Å². The van der Waals surface area contributed by atoms with Gasteiger partial charge in [0.05, 0.1) is 10.7 Å². The molecule has 2 nitrogen and oxygen atoms in total. The van der Waals surface area contributed by atoms with E-state index in [4.69, 9.17) is 4.98 Å². The first kappa shape index (κ1) is 9.79. The van der Waals surface area contributed by atoms with Gasteiger partial charge in [-0.15, -0.1) is 11.3 Å². The van der Waals surface area contributed by atoms with Crippen molar-refractivity contribution < 1.29 is 0 Å². The SMILES string of the molecule is c1sc(CC2CCCNC2)nc1C1CC1. The molecule has 0 aromatic carbocycles. The van der Waals surface area contributed by atoms with Crippen LogP contribution in [-0.2, 0) is 6.42 Å². The van der Waals surface area contributed by atoms with E-state index in [2.05, 4.69) is 10.7 Å². The predicted molar refractivity (Wildman–Crippen MR) is 63.4 cm³/mol. The van der Waals surface area contributed by atoms with Crippen molar-refractivity contribution in [2.45, 2.75) is 38.0 Å². The standard InChI is InChI=1S/C12H18N2S/c1-2-9(7-13-5-1)6-12-14-11(8-15-12)10-3-4-10/h8-10,13H,1-7H2. The molecule has 1 aromatic rings. The Kier molecular flexibility index (Phi) is 2.76. The Balaban J connectivity index is 1.60. The largest absolute Gasteiger partial charge is 0.316 e. The summed E-state index contributed by atoms with van der Waals surface area (Å²) in [6.07, 6.45) is 6.66. The van der Waals surface area contributed by atoms with Gasteiger partial charge in [-0.25, -0.2) is 4.98 Å². The van der Waals surface area contributed by atoms with Crippen molar-refractivity contribution >= 4 is 11.3 Å². The van der Waals surface area contributed by atoms with Gasteiger partial charge in [-0.05, 0) is 44.7 Å². The molecule has 3 heteroatoms. The Hall–Kier alpha value is -0.410. The fraction of sp³-hybridized carbons (Fsp3) is 0.750. The molecule has 1 aromatic heterocycles. The first-order chi connectivity index (χ1) is 7.42. The molecular formula is C12H18N2S. The molecule has 1 saturated heterocycles. The van der Waals surface area contributed by atoms with Gasteiger partial charge < -0.3 is 5.32 Å². The number of piperidine rings is 1. The molecule has 1 unspecified atom stereocenters. The average molecular weight is 222 g/mol. The lowest BCUT2D eigenvalue weighted by Gasteiger charge is -2.21. The summed E-state index contributed by atoms with van der Waals surface area (Å²) < 4.78 is 0. The van der Waals surface area contributed by atoms with Crippen molar-refractivity contribution in [1.82, 2.24) is 10.3 Å². The topological polar surface area (TPSA) is 24.9 Å². The second-order valence-electron chi connectivity index (χ2n) is 4.86. The lowest BCUT2D eigenvalue weighted by molar-refractivity contribution is 0.375. The van der Waals surface area contributed by atoms with Crippen molar-refractivity contribution in [1.29, 1.82) is 0 Å². The summed E-state index contributed by atoms with van der Waals surface area (Å²) in [7, 11) is 0. The van der Waals surface area contributed by atoms with Crippen LogP contribution in [0.2, 0.25) is 0 Å². The molecule has 1 N–H and O–H groups in total. The van der Waals surface area contributed by atoms with Crippen LogP contribution < -0.4 is 5.32 Å². The minimum atomic E-state index is 0.819. The van der Waals surface area contributed by atoms with Crippen LogP contribution in [0.3, 0.4) is 0 Å². The molecule has 3 rings (SSSR count). The van der Waals surface area contributed by atoms with E-state index < -0.39 is 0 Å². The molecule has 2 aliphatic rings. The highest BCUT2D eigenvalue weighted by Gasteiger charge is 2.26. The van der Waals surface area contributed by atoms with Gasteiger partial charge in [0.2, 0.25) is 0 Å². The predicted octanol–water partition coefficient (Wildman–Crippen LogP) is 2.56. The van der Waals surface area contributed by atoms with Crippen LogP contribution in [-0.4, -0.2) is 18.1 Å². The molecule has 1 atom stereocenters. The van der Waals surface area contributed by atoms with Gasteiger partial charge in [-0.3, -0.25) is 0 Å². The Morgan fingerprint density at radius 3 is 3.07 bits per heavy atom. The van der Waals surface area contributed by atoms with Crippen LogP contribution in [0, 0.1) is 5.92 Å². The molecule has 1 saturated carbocycles. The number of nitrogens with one attached hydrogen (secondary N) is 1. The number of hydrogen-bond acceptors (Lipinski definition) is 3. The monoisotopic (exact) mass is 222 g/mol. The Morgan fingerprint density at radius 1 is 1.40 bits per heavy atom. The van der Waals surface area contributed by atoms with E-state index in [0.717, 1.165) is 11.8 Å². The minimum Gasteiger partial charge on any atom is -0.316 e. The molecule has 0 spiro atoms. The van der Waals surface area contributed by atoms with E-state index in [0.29, 0.717) is 0 Å². The van der Waals surface area contributed by atoms with Crippen molar-refractivity contribution in [3.05, 3.63) is 16.1 Å². The van der Waals surface area contributed by atoms with Crippen LogP contribution in [0.4, 0.5) is 0 Å². The summed E-state index contributed by atoms with van der Waals surface area (Å²) in [4.78, 5) is 4.76. The molecule has 0 amide bonds. The van der Waals surface area contributed by atoms with Crippen molar-refractivity contribution in [3.63, 3.8) is 0 Å². The summed E-state index contributed by atoms with van der Waals surface area (Å²) in [5, 5.41) is 7.12. The fourth-order valence-electron chi connectivity index (χ4n) is 2.33. The molecular weight excluding hydrogens is 204 g/mol. The van der Waals surface area contributed by atoms with Gasteiger partial charge in [-0.1, -0.05) is 0 Å². The number of nitrogens with zero attached hydrogens (tertiary/aromatic N) is 1. The third-order valence-corrected chi connectivity index (χ3v) is 4.32. The molecule has 1 aliphatic carbocycles. The van der Waals surface area contributed by atoms with Crippen LogP contribution >= 0.6 is 11.3 Å². The third kappa shape index (κ3) is 2.40. The molecule has 0 bridgehead atoms. The smallest absolute Gasteiger partial charge is 0.0931 e. The minimum absolute atomic E-state index is 0.819. The van der Waals surface area contributed by atoms with Gasteiger partial charge >= 0.3 is 0 Å². The summed E-state index contributed by atoms with van der Waals surface area (Å²) in [6.45, 7) is 2.40. The van der Waals surface area contributed by atoms with Gasteiger partial charge in [-0.2, -0.15) is 0 Å². The maximum absolute atomic E-state index is 4.76. The summed E-state index contributed by atoms with van der Waals surface area (Å²) in [6, 6.07) is 0. The fourth-order valence-corrected chi connectivity index (χ4v) is 3.32. The highest BCUT2D eigenvalue weighted by atomic mass is 32.1. The molecule has 1 aliphatic heterocycles. The van der Waals surface area contributed by atoms with E-state index in [1.165, 1.54) is 55.9 Å². The normalized spacial score (nSPS) is 26.8. The van der Waals surface area contributed by atoms with Crippen LogP contribution in [0.5, 0.6) is 0 Å². The average Bonchev–Trinajstić information content (AvgIpc) is 3.02. The summed E-state index contributed by atoms with van der Waals surface area (Å²) in [5.74, 6) is 1.65. The second kappa shape index (κ2) is 4.22. The molecule has 15 heavy (non-hydrogen) atoms. The summed E-state index contributed by atoms with van der Waals surface area (Å²) in [5.41, 5.74) is 1.37. The van der Waals surface area contributed by atoms with Crippen molar-refractivity contribution in [2.24, 2.45) is 5.92 Å². The molecule has 2 fully saturated rings. The Labute approximate surface area is 95.1 Å². The quantitative estimate of drug-likeness (QED) is 0.850. The Morgan fingerprint density at radius 2 is 2.33 bits per heavy atom. The Bertz CT molecular complexity index is 324. The third-order valence-electron chi connectivity index (χ3n) is 3.43. The first-order valence-corrected chi connectivity index (χ1v) is 6.95. The van der Waals surface area contributed by atoms with E-state index in [-0.39, 0.29) is 0 Å². The lowest BCUT2D eigenvalue weighted by atomic mass is 9.97. The maximum atomic E-state index is 4.76.